The molecule has 0 saturated carbocycles. The molecule has 0 aliphatic rings. The minimum atomic E-state index is -5.01. The summed E-state index contributed by atoms with van der Waals surface area (Å²) in [5, 5.41) is 0. The molecule has 84 valence electrons. The number of hydrogen-bond acceptors (Lipinski definition) is 4. The molecule has 14 heavy (non-hydrogen) atoms. The third kappa shape index (κ3) is 9.29. The number of phosphoric acid groups is 2. The first kappa shape index (κ1) is 14.7. The van der Waals surface area contributed by atoms with Crippen LogP contribution in [0.5, 0.6) is 0 Å². The largest absolute Gasteiger partial charge is 0.481 e. The van der Waals surface area contributed by atoms with Gasteiger partial charge < -0.3 is 14.7 Å². The fourth-order valence-electron chi connectivity index (χ4n) is 0.430. The van der Waals surface area contributed by atoms with Crippen LogP contribution in [-0.4, -0.2) is 21.3 Å². The van der Waals surface area contributed by atoms with Gasteiger partial charge in [-0.15, -0.1) is 0 Å². The molecule has 0 aromatic heterocycles. The van der Waals surface area contributed by atoms with Crippen molar-refractivity contribution in [2.24, 2.45) is 0 Å². The second-order valence-electron chi connectivity index (χ2n) is 2.14. The molecule has 0 saturated heterocycles. The Morgan fingerprint density at radius 2 is 1.86 bits per heavy atom. The lowest BCUT2D eigenvalue weighted by Crippen LogP contribution is -1.95. The molecule has 0 aromatic rings. The van der Waals surface area contributed by atoms with Gasteiger partial charge in [0.05, 0.1) is 6.61 Å². The molecule has 0 aromatic carbocycles. The van der Waals surface area contributed by atoms with E-state index in [-0.39, 0.29) is 13.0 Å². The zero-order chi connectivity index (χ0) is 11.4. The fraction of sp³-hybridized carbons (Fsp3) is 0.500. The molecule has 0 heterocycles. The van der Waals surface area contributed by atoms with Gasteiger partial charge in [0.25, 0.3) is 0 Å². The van der Waals surface area contributed by atoms with E-state index in [2.05, 4.69) is 15.4 Å². The highest BCUT2D eigenvalue weighted by Gasteiger charge is 2.31. The summed E-state index contributed by atoms with van der Waals surface area (Å²) >= 11 is 1.88. The van der Waals surface area contributed by atoms with Gasteiger partial charge in [0.2, 0.25) is 0 Å². The summed E-state index contributed by atoms with van der Waals surface area (Å²) < 4.78 is 29.4. The summed E-state index contributed by atoms with van der Waals surface area (Å²) in [7, 11) is -9.69. The average molecular weight is 358 g/mol. The first-order valence-electron chi connectivity index (χ1n) is 3.20. The lowest BCUT2D eigenvalue weighted by molar-refractivity contribution is 0.180. The van der Waals surface area contributed by atoms with Gasteiger partial charge in [0, 0.05) is 6.42 Å². The topological polar surface area (TPSA) is 113 Å². The Morgan fingerprint density at radius 1 is 1.36 bits per heavy atom. The van der Waals surface area contributed by atoms with Crippen molar-refractivity contribution in [3.05, 3.63) is 10.2 Å². The van der Waals surface area contributed by atoms with Crippen molar-refractivity contribution >= 4 is 38.2 Å². The maximum Gasteiger partial charge on any atom is 0.481 e. The van der Waals surface area contributed by atoms with Crippen molar-refractivity contribution in [2.75, 3.05) is 6.61 Å². The SMILES string of the molecule is C=C(I)CCOP(=O)(O)OP(=O)(O)O. The maximum absolute atomic E-state index is 10.8. The van der Waals surface area contributed by atoms with E-state index in [4.69, 9.17) is 14.7 Å². The van der Waals surface area contributed by atoms with Gasteiger partial charge >= 0.3 is 15.6 Å². The van der Waals surface area contributed by atoms with E-state index in [1.165, 1.54) is 0 Å². The van der Waals surface area contributed by atoms with E-state index >= 15 is 0 Å². The number of hydrogen-bond donors (Lipinski definition) is 3. The van der Waals surface area contributed by atoms with Gasteiger partial charge in [-0.2, -0.15) is 4.31 Å². The van der Waals surface area contributed by atoms with Crippen molar-refractivity contribution in [1.82, 2.24) is 0 Å². The Kier molecular flexibility index (Phi) is 6.01. The lowest BCUT2D eigenvalue weighted by atomic mass is 10.5. The van der Waals surface area contributed by atoms with Gasteiger partial charge in [-0.25, -0.2) is 9.13 Å². The highest BCUT2D eigenvalue weighted by atomic mass is 127. The predicted molar refractivity (Wildman–Crippen MR) is 56.7 cm³/mol. The fourth-order valence-corrected chi connectivity index (χ4v) is 2.24. The Bertz CT molecular complexity index is 296. The molecule has 0 radical (unpaired) electrons. The summed E-state index contributed by atoms with van der Waals surface area (Å²) in [6.07, 6.45) is 0.287. The third-order valence-electron chi connectivity index (χ3n) is 0.837. The standard InChI is InChI=1S/C4H9IO7P2/c1-4(5)2-3-11-14(9,10)12-13(6,7)8/h1-3H2,(H,9,10)(H2,6,7,8). The third-order valence-corrected chi connectivity index (χ3v) is 3.56. The van der Waals surface area contributed by atoms with Crippen molar-refractivity contribution < 1.29 is 32.6 Å². The number of halogens is 1. The quantitative estimate of drug-likeness (QED) is 0.488. The van der Waals surface area contributed by atoms with Crippen LogP contribution in [0, 0.1) is 0 Å². The number of phosphoric ester groups is 1. The van der Waals surface area contributed by atoms with Crippen LogP contribution in [0.1, 0.15) is 6.42 Å². The zero-order valence-corrected chi connectivity index (χ0v) is 10.8. The van der Waals surface area contributed by atoms with E-state index in [0.29, 0.717) is 3.58 Å². The average Bonchev–Trinajstić information content (AvgIpc) is 1.78. The van der Waals surface area contributed by atoms with Crippen LogP contribution in [0.2, 0.25) is 0 Å². The minimum Gasteiger partial charge on any atom is -0.302 e. The summed E-state index contributed by atoms with van der Waals surface area (Å²) in [5.74, 6) is 0. The van der Waals surface area contributed by atoms with Crippen LogP contribution in [0.15, 0.2) is 10.2 Å². The molecular formula is C4H9IO7P2. The smallest absolute Gasteiger partial charge is 0.302 e. The van der Waals surface area contributed by atoms with Crippen molar-refractivity contribution in [3.63, 3.8) is 0 Å². The van der Waals surface area contributed by atoms with Crippen LogP contribution < -0.4 is 0 Å². The molecule has 0 aliphatic carbocycles. The lowest BCUT2D eigenvalue weighted by Gasteiger charge is -2.11. The van der Waals surface area contributed by atoms with Crippen molar-refractivity contribution in [2.45, 2.75) is 6.42 Å². The van der Waals surface area contributed by atoms with Crippen LogP contribution in [0.25, 0.3) is 0 Å². The molecule has 3 N–H and O–H groups in total. The first-order chi connectivity index (χ1) is 6.12. The van der Waals surface area contributed by atoms with Crippen LogP contribution in [-0.2, 0) is 18.0 Å². The second-order valence-corrected chi connectivity index (χ2v) is 6.50. The normalized spacial score (nSPS) is 16.3. The molecule has 7 nitrogen and oxygen atoms in total. The molecule has 1 atom stereocenters. The van der Waals surface area contributed by atoms with E-state index in [0.717, 1.165) is 0 Å². The summed E-state index contributed by atoms with van der Waals surface area (Å²) in [6, 6.07) is 0. The Labute approximate surface area is 94.1 Å². The highest BCUT2D eigenvalue weighted by Crippen LogP contribution is 2.57. The van der Waals surface area contributed by atoms with E-state index in [1.54, 1.807) is 0 Å². The van der Waals surface area contributed by atoms with Gasteiger partial charge in [-0.3, -0.25) is 4.52 Å². The molecular weight excluding hydrogens is 349 g/mol. The van der Waals surface area contributed by atoms with Crippen LogP contribution in [0.3, 0.4) is 0 Å². The van der Waals surface area contributed by atoms with Gasteiger partial charge in [0.15, 0.2) is 0 Å². The van der Waals surface area contributed by atoms with Crippen molar-refractivity contribution in [3.8, 4) is 0 Å². The Balaban J connectivity index is 4.03. The molecule has 0 fully saturated rings. The monoisotopic (exact) mass is 358 g/mol. The van der Waals surface area contributed by atoms with Gasteiger partial charge in [-0.1, -0.05) is 6.58 Å². The first-order valence-corrected chi connectivity index (χ1v) is 7.30. The Hall–Kier alpha value is 0.730. The highest BCUT2D eigenvalue weighted by molar-refractivity contribution is 14.1. The van der Waals surface area contributed by atoms with Crippen LogP contribution in [0.4, 0.5) is 0 Å². The molecule has 0 bridgehead atoms. The summed E-state index contributed by atoms with van der Waals surface area (Å²) in [4.78, 5) is 25.2. The maximum atomic E-state index is 10.8. The minimum absolute atomic E-state index is 0.199. The van der Waals surface area contributed by atoms with E-state index in [1.807, 2.05) is 22.6 Å². The predicted octanol–water partition coefficient (Wildman–Crippen LogP) is 1.55. The molecule has 10 heteroatoms. The summed E-state index contributed by atoms with van der Waals surface area (Å²) in [5.41, 5.74) is 0. The Morgan fingerprint density at radius 3 is 2.21 bits per heavy atom. The molecule has 0 aliphatic heterocycles. The van der Waals surface area contributed by atoms with Gasteiger partial charge in [0.1, 0.15) is 0 Å². The van der Waals surface area contributed by atoms with E-state index in [9.17, 15) is 9.13 Å². The van der Waals surface area contributed by atoms with Gasteiger partial charge in [-0.05, 0) is 26.2 Å². The molecule has 0 amide bonds. The number of rotatable bonds is 6. The van der Waals surface area contributed by atoms with Crippen molar-refractivity contribution in [1.29, 1.82) is 0 Å². The molecule has 0 rings (SSSR count). The van der Waals surface area contributed by atoms with Crippen LogP contribution >= 0.6 is 38.2 Å². The zero-order valence-electron chi connectivity index (χ0n) is 6.87. The molecule has 1 unspecified atom stereocenters. The summed E-state index contributed by atoms with van der Waals surface area (Å²) in [6.45, 7) is 3.29. The second kappa shape index (κ2) is 5.72. The molecule has 0 spiro atoms. The van der Waals surface area contributed by atoms with E-state index < -0.39 is 15.6 Å².